The van der Waals surface area contributed by atoms with Gasteiger partial charge in [-0.15, -0.1) is 11.3 Å². The maximum absolute atomic E-state index is 6.72. The van der Waals surface area contributed by atoms with Gasteiger partial charge in [0.15, 0.2) is 0 Å². The van der Waals surface area contributed by atoms with Crippen LogP contribution in [0.4, 0.5) is 0 Å². The number of hydrogen-bond donors (Lipinski definition) is 2. The lowest BCUT2D eigenvalue weighted by Gasteiger charge is -2.33. The molecule has 6 heteroatoms. The minimum absolute atomic E-state index is 0.327. The number of rotatable bonds is 5. The first kappa shape index (κ1) is 36.5. The van der Waals surface area contributed by atoms with Crippen molar-refractivity contribution < 1.29 is 4.42 Å². The minimum Gasteiger partial charge on any atom is -0.456 e. The van der Waals surface area contributed by atoms with E-state index in [1.807, 2.05) is 11.3 Å². The molecule has 0 radical (unpaired) electrons. The van der Waals surface area contributed by atoms with E-state index >= 15 is 0 Å². The van der Waals surface area contributed by atoms with Gasteiger partial charge in [-0.25, -0.2) is 4.99 Å². The second-order valence-electron chi connectivity index (χ2n) is 17.1. The number of aromatic nitrogens is 1. The molecule has 2 N–H and O–H groups in total. The van der Waals surface area contributed by atoms with Gasteiger partial charge in [-0.3, -0.25) is 5.32 Å². The van der Waals surface area contributed by atoms with E-state index in [-0.39, 0.29) is 12.3 Å². The number of amidine groups is 1. The molecule has 2 atom stereocenters. The van der Waals surface area contributed by atoms with E-state index in [4.69, 9.17) is 9.41 Å². The molecule has 65 heavy (non-hydrogen) atoms. The Hall–Kier alpha value is -8.03. The van der Waals surface area contributed by atoms with E-state index in [1.165, 1.54) is 47.2 Å². The number of nitrogens with one attached hydrogen (secondary N) is 2. The van der Waals surface area contributed by atoms with Gasteiger partial charge >= 0.3 is 0 Å². The molecular weight excluding hydrogens is 813 g/mol. The second-order valence-corrected chi connectivity index (χ2v) is 18.2. The van der Waals surface area contributed by atoms with E-state index in [0.29, 0.717) is 0 Å². The number of fused-ring (bicyclic) bond motifs is 11. The van der Waals surface area contributed by atoms with Crippen molar-refractivity contribution in [2.24, 2.45) is 4.99 Å². The van der Waals surface area contributed by atoms with E-state index in [0.717, 1.165) is 77.6 Å². The molecule has 10 aromatic carbocycles. The Morgan fingerprint density at radius 1 is 0.492 bits per heavy atom. The maximum atomic E-state index is 6.72. The smallest absolute Gasteiger partial charge is 0.136 e. The fourth-order valence-corrected chi connectivity index (χ4v) is 11.6. The molecule has 3 aromatic heterocycles. The lowest BCUT2D eigenvalue weighted by atomic mass is 9.89. The molecule has 0 spiro atoms. The van der Waals surface area contributed by atoms with Crippen molar-refractivity contribution in [3.63, 3.8) is 0 Å². The molecule has 14 rings (SSSR count). The zero-order chi connectivity index (χ0) is 42.6. The third kappa shape index (κ3) is 5.71. The van der Waals surface area contributed by atoms with Gasteiger partial charge in [-0.2, -0.15) is 0 Å². The highest BCUT2D eigenvalue weighted by atomic mass is 32.1. The molecule has 1 aliphatic heterocycles. The monoisotopic (exact) mass is 850 g/mol. The first-order chi connectivity index (χ1) is 32.2. The third-order valence-electron chi connectivity index (χ3n) is 13.4. The summed E-state index contributed by atoms with van der Waals surface area (Å²) in [6.07, 6.45) is -0.657. The van der Waals surface area contributed by atoms with E-state index < -0.39 is 0 Å². The van der Waals surface area contributed by atoms with E-state index in [9.17, 15) is 0 Å². The normalized spacial score (nSPS) is 15.5. The topological polar surface area (TPSA) is 54.5 Å². The summed E-state index contributed by atoms with van der Waals surface area (Å²) in [6, 6.07) is 74.6. The summed E-state index contributed by atoms with van der Waals surface area (Å²) in [7, 11) is 0. The third-order valence-corrected chi connectivity index (χ3v) is 14.6. The number of para-hydroxylation sites is 2. The summed E-state index contributed by atoms with van der Waals surface area (Å²) in [5.74, 6) is 0.844. The van der Waals surface area contributed by atoms with Crippen LogP contribution in [0.5, 0.6) is 0 Å². The van der Waals surface area contributed by atoms with Crippen molar-refractivity contribution >= 4 is 103 Å². The van der Waals surface area contributed by atoms with Crippen LogP contribution in [0.1, 0.15) is 29.0 Å². The first-order valence-electron chi connectivity index (χ1n) is 22.2. The molecule has 4 heterocycles. The first-order valence-corrected chi connectivity index (χ1v) is 23.0. The molecule has 5 nitrogen and oxygen atoms in total. The molecule has 306 valence electrons. The van der Waals surface area contributed by atoms with Crippen molar-refractivity contribution in [3.05, 3.63) is 223 Å². The Kier molecular flexibility index (Phi) is 7.99. The molecule has 0 saturated heterocycles. The lowest BCUT2D eigenvalue weighted by molar-refractivity contribution is 0.410. The minimum atomic E-state index is -0.330. The van der Waals surface area contributed by atoms with Crippen molar-refractivity contribution in [2.75, 3.05) is 0 Å². The highest BCUT2D eigenvalue weighted by molar-refractivity contribution is 7.25. The fourth-order valence-electron chi connectivity index (χ4n) is 10.5. The van der Waals surface area contributed by atoms with Gasteiger partial charge in [-0.1, -0.05) is 152 Å². The summed E-state index contributed by atoms with van der Waals surface area (Å²) < 4.78 is 11.7. The zero-order valence-corrected chi connectivity index (χ0v) is 35.8. The average molecular weight is 851 g/mol. The standard InChI is InChI=1S/C59H38N4OS/c1-2-14-35(15-3-1)57-60-58(39-26-28-44-43-21-10-13-25-53(43)65-54(44)33-39)62-59(61-57)45-29-27-40(63-49-23-11-8-20-42(49)47-30-36-16-4-5-17-37(36)31-50(47)63)34-48(45)55-41-19-7-6-18-38(41)32-52-56(55)46-22-9-12-24-51(46)64-52/h1-34,58-59,62H,(H,60,61). The number of benzene rings is 10. The maximum Gasteiger partial charge on any atom is 0.136 e. The number of furan rings is 1. The Bertz CT molecular complexity index is 4100. The highest BCUT2D eigenvalue weighted by Gasteiger charge is 2.30. The van der Waals surface area contributed by atoms with Gasteiger partial charge in [0.05, 0.1) is 11.0 Å². The van der Waals surface area contributed by atoms with Crippen LogP contribution in [-0.2, 0) is 0 Å². The predicted octanol–water partition coefficient (Wildman–Crippen LogP) is 15.4. The molecule has 0 fully saturated rings. The van der Waals surface area contributed by atoms with Crippen LogP contribution in [0.3, 0.4) is 0 Å². The lowest BCUT2D eigenvalue weighted by Crippen LogP contribution is -2.45. The average Bonchev–Trinajstić information content (AvgIpc) is 4.03. The number of thiophene rings is 1. The summed E-state index contributed by atoms with van der Waals surface area (Å²) >= 11 is 1.84. The van der Waals surface area contributed by atoms with E-state index in [1.54, 1.807) is 0 Å². The van der Waals surface area contributed by atoms with Crippen LogP contribution in [0.15, 0.2) is 216 Å². The van der Waals surface area contributed by atoms with Gasteiger partial charge < -0.3 is 14.3 Å². The largest absolute Gasteiger partial charge is 0.456 e. The summed E-state index contributed by atoms with van der Waals surface area (Å²) in [4.78, 5) is 5.43. The van der Waals surface area contributed by atoms with Gasteiger partial charge in [0, 0.05) is 58.5 Å². The molecule has 1 aliphatic rings. The Balaban J connectivity index is 1.04. The SMILES string of the molecule is c1ccc(C2=NC(c3ccc4c(c3)sc3ccccc34)NC(c3ccc(-n4c5ccccc5c5cc6ccccc6cc54)cc3-c3c4ccccc4cc4oc5ccccc5c34)N2)cc1. The van der Waals surface area contributed by atoms with Crippen LogP contribution >= 0.6 is 11.3 Å². The quantitative estimate of drug-likeness (QED) is 0.181. The summed E-state index contributed by atoms with van der Waals surface area (Å²) in [5.41, 5.74) is 10.7. The molecule has 2 unspecified atom stereocenters. The Labute approximate surface area is 377 Å². The molecule has 0 saturated carbocycles. The van der Waals surface area contributed by atoms with Gasteiger partial charge in [-0.05, 0) is 92.8 Å². The molecule has 0 aliphatic carbocycles. The van der Waals surface area contributed by atoms with E-state index in [2.05, 4.69) is 221 Å². The van der Waals surface area contributed by atoms with Crippen molar-refractivity contribution in [2.45, 2.75) is 12.3 Å². The fraction of sp³-hybridized carbons (Fsp3) is 0.0339. The highest BCUT2D eigenvalue weighted by Crippen LogP contribution is 2.46. The summed E-state index contributed by atoms with van der Waals surface area (Å²) in [5, 5.41) is 19.9. The van der Waals surface area contributed by atoms with Crippen molar-refractivity contribution in [1.29, 1.82) is 0 Å². The number of hydrogen-bond acceptors (Lipinski definition) is 5. The molecule has 13 aromatic rings. The van der Waals surface area contributed by atoms with Crippen molar-refractivity contribution in [3.8, 4) is 16.8 Å². The van der Waals surface area contributed by atoms with Crippen molar-refractivity contribution in [1.82, 2.24) is 15.2 Å². The number of aliphatic imine (C=N–C) groups is 1. The van der Waals surface area contributed by atoms with Crippen LogP contribution in [0, 0.1) is 0 Å². The van der Waals surface area contributed by atoms with Gasteiger partial charge in [0.25, 0.3) is 0 Å². The van der Waals surface area contributed by atoms with Crippen LogP contribution < -0.4 is 10.6 Å². The van der Waals surface area contributed by atoms with Crippen LogP contribution in [0.2, 0.25) is 0 Å². The Morgan fingerprint density at radius 2 is 1.20 bits per heavy atom. The Morgan fingerprint density at radius 3 is 2.08 bits per heavy atom. The summed E-state index contributed by atoms with van der Waals surface area (Å²) in [6.45, 7) is 0. The van der Waals surface area contributed by atoms with Crippen LogP contribution in [-0.4, -0.2) is 10.4 Å². The second kappa shape index (κ2) is 14.2. The predicted molar refractivity (Wildman–Crippen MR) is 273 cm³/mol. The van der Waals surface area contributed by atoms with Gasteiger partial charge in [0.1, 0.15) is 29.3 Å². The molecule has 0 bridgehead atoms. The van der Waals surface area contributed by atoms with Crippen LogP contribution in [0.25, 0.3) is 102 Å². The molecule has 0 amide bonds. The molecular formula is C59H38N4OS. The zero-order valence-electron chi connectivity index (χ0n) is 35.0. The van der Waals surface area contributed by atoms with Gasteiger partial charge in [0.2, 0.25) is 0 Å². The number of nitrogens with zero attached hydrogens (tertiary/aromatic N) is 2.